The van der Waals surface area contributed by atoms with Gasteiger partial charge in [-0.05, 0) is 28.7 Å². The highest BCUT2D eigenvalue weighted by molar-refractivity contribution is 5.95. The summed E-state index contributed by atoms with van der Waals surface area (Å²) in [5, 5.41) is 14.9. The second-order valence-electron chi connectivity index (χ2n) is 6.95. The summed E-state index contributed by atoms with van der Waals surface area (Å²) in [6.07, 6.45) is -0.684. The van der Waals surface area contributed by atoms with Crippen molar-refractivity contribution in [2.45, 2.75) is 32.8 Å². The number of anilines is 1. The zero-order valence-electron chi connectivity index (χ0n) is 15.2. The normalized spacial score (nSPS) is 10.9. The van der Waals surface area contributed by atoms with Gasteiger partial charge >= 0.3 is 6.09 Å². The van der Waals surface area contributed by atoms with Gasteiger partial charge in [-0.1, -0.05) is 57.2 Å². The number of hydrogen-bond acceptors (Lipinski definition) is 4. The maximum absolute atomic E-state index is 12.0. The summed E-state index contributed by atoms with van der Waals surface area (Å²) in [6, 6.07) is 14.3. The zero-order valence-corrected chi connectivity index (χ0v) is 15.2. The van der Waals surface area contributed by atoms with Crippen LogP contribution in [0.5, 0.6) is 5.75 Å². The molecule has 0 saturated heterocycles. The molecule has 0 saturated carbocycles. The van der Waals surface area contributed by atoms with Crippen LogP contribution in [0.25, 0.3) is 0 Å². The Bertz CT molecular complexity index is 767. The second kappa shape index (κ2) is 8.38. The molecule has 26 heavy (non-hydrogen) atoms. The predicted octanol–water partition coefficient (Wildman–Crippen LogP) is 3.55. The fraction of sp³-hybridized carbons (Fsp3) is 0.300. The van der Waals surface area contributed by atoms with Crippen molar-refractivity contribution in [3.63, 3.8) is 0 Å². The minimum atomic E-state index is -0.684. The Kier molecular flexibility index (Phi) is 6.22. The van der Waals surface area contributed by atoms with E-state index in [0.29, 0.717) is 5.69 Å². The molecule has 6 nitrogen and oxygen atoms in total. The molecule has 0 aliphatic rings. The van der Waals surface area contributed by atoms with Crippen molar-refractivity contribution < 1.29 is 19.4 Å². The fourth-order valence-electron chi connectivity index (χ4n) is 2.22. The van der Waals surface area contributed by atoms with E-state index in [4.69, 9.17) is 4.74 Å². The highest BCUT2D eigenvalue weighted by Crippen LogP contribution is 2.30. The van der Waals surface area contributed by atoms with Crippen LogP contribution in [0.4, 0.5) is 10.5 Å². The number of rotatable bonds is 5. The van der Waals surface area contributed by atoms with Gasteiger partial charge in [0.15, 0.2) is 0 Å². The van der Waals surface area contributed by atoms with E-state index in [-0.39, 0.29) is 24.3 Å². The number of phenolic OH excluding ortho intramolecular Hbond substituents is 1. The van der Waals surface area contributed by atoms with Gasteiger partial charge in [-0.2, -0.15) is 0 Å². The van der Waals surface area contributed by atoms with E-state index in [2.05, 4.69) is 10.6 Å². The first kappa shape index (κ1) is 19.3. The van der Waals surface area contributed by atoms with Crippen molar-refractivity contribution >= 4 is 17.7 Å². The molecule has 2 aromatic carbocycles. The number of hydrogen-bond donors (Lipinski definition) is 3. The van der Waals surface area contributed by atoms with Crippen LogP contribution < -0.4 is 10.6 Å². The molecule has 0 bridgehead atoms. The van der Waals surface area contributed by atoms with Crippen LogP contribution >= 0.6 is 0 Å². The van der Waals surface area contributed by atoms with Crippen LogP contribution in [0.3, 0.4) is 0 Å². The number of carbonyl (C=O) groups is 2. The lowest BCUT2D eigenvalue weighted by molar-refractivity contribution is -0.115. The molecule has 138 valence electrons. The Balaban J connectivity index is 1.84. The molecule has 0 aromatic heterocycles. The minimum absolute atomic E-state index is 0.0296. The monoisotopic (exact) mass is 356 g/mol. The first-order valence-electron chi connectivity index (χ1n) is 8.33. The van der Waals surface area contributed by atoms with Crippen LogP contribution in [0.2, 0.25) is 0 Å². The Morgan fingerprint density at radius 1 is 1.08 bits per heavy atom. The second-order valence-corrected chi connectivity index (χ2v) is 6.95. The standard InChI is InChI=1S/C20H24N2O4/c1-20(2,3)15-9-10-17(23)16(11-15)22-18(24)12-21-19(25)26-13-14-7-5-4-6-8-14/h4-11,23H,12-13H2,1-3H3,(H,21,25)(H,22,24). The van der Waals surface area contributed by atoms with Crippen molar-refractivity contribution in [2.75, 3.05) is 11.9 Å². The first-order valence-corrected chi connectivity index (χ1v) is 8.33. The molecule has 0 aliphatic carbocycles. The van der Waals surface area contributed by atoms with Crippen LogP contribution in [-0.2, 0) is 21.6 Å². The number of phenols is 1. The van der Waals surface area contributed by atoms with E-state index in [1.54, 1.807) is 6.07 Å². The SMILES string of the molecule is CC(C)(C)c1ccc(O)c(NC(=O)CNC(=O)OCc2ccccc2)c1. The van der Waals surface area contributed by atoms with Crippen molar-refractivity contribution in [3.8, 4) is 5.75 Å². The van der Waals surface area contributed by atoms with E-state index in [1.165, 1.54) is 6.07 Å². The highest BCUT2D eigenvalue weighted by Gasteiger charge is 2.16. The van der Waals surface area contributed by atoms with Gasteiger partial charge in [0.1, 0.15) is 18.9 Å². The molecule has 0 unspecified atom stereocenters. The molecule has 0 fully saturated rings. The number of carbonyl (C=O) groups excluding carboxylic acids is 2. The van der Waals surface area contributed by atoms with E-state index in [1.807, 2.05) is 57.2 Å². The molecule has 0 radical (unpaired) electrons. The molecule has 2 aromatic rings. The average molecular weight is 356 g/mol. The largest absolute Gasteiger partial charge is 0.506 e. The van der Waals surface area contributed by atoms with E-state index < -0.39 is 12.0 Å². The number of ether oxygens (including phenoxy) is 1. The fourth-order valence-corrected chi connectivity index (χ4v) is 2.22. The van der Waals surface area contributed by atoms with Crippen molar-refractivity contribution in [3.05, 3.63) is 59.7 Å². The van der Waals surface area contributed by atoms with Crippen LogP contribution in [0.1, 0.15) is 31.9 Å². The predicted molar refractivity (Wildman–Crippen MR) is 100 cm³/mol. The summed E-state index contributed by atoms with van der Waals surface area (Å²) in [6.45, 7) is 5.98. The van der Waals surface area contributed by atoms with Crippen LogP contribution in [-0.4, -0.2) is 23.7 Å². The Hall–Kier alpha value is -3.02. The first-order chi connectivity index (χ1) is 12.3. The number of aromatic hydroxyl groups is 1. The topological polar surface area (TPSA) is 87.7 Å². The molecule has 0 spiro atoms. The molecule has 6 heteroatoms. The summed E-state index contributed by atoms with van der Waals surface area (Å²) < 4.78 is 5.04. The number of nitrogens with one attached hydrogen (secondary N) is 2. The number of benzene rings is 2. The molecule has 0 atom stereocenters. The van der Waals surface area contributed by atoms with Gasteiger partial charge in [-0.3, -0.25) is 4.79 Å². The van der Waals surface area contributed by atoms with Crippen molar-refractivity contribution in [1.29, 1.82) is 0 Å². The lowest BCUT2D eigenvalue weighted by atomic mass is 9.87. The smallest absolute Gasteiger partial charge is 0.407 e. The lowest BCUT2D eigenvalue weighted by Crippen LogP contribution is -2.33. The Morgan fingerprint density at radius 2 is 1.77 bits per heavy atom. The van der Waals surface area contributed by atoms with Gasteiger partial charge in [-0.15, -0.1) is 0 Å². The molecule has 2 rings (SSSR count). The summed E-state index contributed by atoms with van der Waals surface area (Å²) in [4.78, 5) is 23.7. The van der Waals surface area contributed by atoms with Crippen LogP contribution in [0, 0.1) is 0 Å². The van der Waals surface area contributed by atoms with Crippen LogP contribution in [0.15, 0.2) is 48.5 Å². The summed E-state index contributed by atoms with van der Waals surface area (Å²) in [7, 11) is 0. The van der Waals surface area contributed by atoms with Gasteiger partial charge in [0.25, 0.3) is 0 Å². The average Bonchev–Trinajstić information content (AvgIpc) is 2.60. The molecule has 0 aliphatic heterocycles. The van der Waals surface area contributed by atoms with E-state index in [0.717, 1.165) is 11.1 Å². The van der Waals surface area contributed by atoms with E-state index >= 15 is 0 Å². The molecular formula is C20H24N2O4. The summed E-state index contributed by atoms with van der Waals surface area (Å²) in [5.41, 5.74) is 2.02. The van der Waals surface area contributed by atoms with Gasteiger partial charge in [0.05, 0.1) is 5.69 Å². The molecule has 3 N–H and O–H groups in total. The van der Waals surface area contributed by atoms with E-state index in [9.17, 15) is 14.7 Å². The zero-order chi connectivity index (χ0) is 19.2. The lowest BCUT2D eigenvalue weighted by Gasteiger charge is -2.20. The van der Waals surface area contributed by atoms with Gasteiger partial charge in [0, 0.05) is 0 Å². The van der Waals surface area contributed by atoms with Crippen molar-refractivity contribution in [1.82, 2.24) is 5.32 Å². The Labute approximate surface area is 153 Å². The number of alkyl carbamates (subject to hydrolysis) is 1. The Morgan fingerprint density at radius 3 is 2.42 bits per heavy atom. The third kappa shape index (κ3) is 5.81. The van der Waals surface area contributed by atoms with Gasteiger partial charge in [0.2, 0.25) is 5.91 Å². The maximum atomic E-state index is 12.0. The molecular weight excluding hydrogens is 332 g/mol. The quantitative estimate of drug-likeness (QED) is 0.715. The minimum Gasteiger partial charge on any atom is -0.506 e. The summed E-state index contributed by atoms with van der Waals surface area (Å²) in [5.74, 6) is -0.485. The van der Waals surface area contributed by atoms with Gasteiger partial charge in [-0.25, -0.2) is 4.79 Å². The highest BCUT2D eigenvalue weighted by atomic mass is 16.5. The summed E-state index contributed by atoms with van der Waals surface area (Å²) >= 11 is 0. The third-order valence-electron chi connectivity index (χ3n) is 3.74. The molecule has 2 amide bonds. The third-order valence-corrected chi connectivity index (χ3v) is 3.74. The number of amides is 2. The van der Waals surface area contributed by atoms with Crippen molar-refractivity contribution in [2.24, 2.45) is 0 Å². The maximum Gasteiger partial charge on any atom is 0.407 e. The molecule has 0 heterocycles. The van der Waals surface area contributed by atoms with Gasteiger partial charge < -0.3 is 20.5 Å².